The number of hydrogen-bond acceptors (Lipinski definition) is 4. The first kappa shape index (κ1) is 17.9. The summed E-state index contributed by atoms with van der Waals surface area (Å²) >= 11 is 0. The lowest BCUT2D eigenvalue weighted by Crippen LogP contribution is -2.25. The normalized spacial score (nSPS) is 14.6. The highest BCUT2D eigenvalue weighted by Gasteiger charge is 2.20. The molecule has 1 aromatic heterocycles. The Bertz CT molecular complexity index is 839. The largest absolute Gasteiger partial charge is 0.491 e. The summed E-state index contributed by atoms with van der Waals surface area (Å²) in [6.07, 6.45) is 4.37. The Hall–Kier alpha value is -1.86. The predicted molar refractivity (Wildman–Crippen MR) is 96.1 cm³/mol. The number of hydrogen-bond donors (Lipinski definition) is 1. The van der Waals surface area contributed by atoms with Gasteiger partial charge in [0.1, 0.15) is 11.6 Å². The van der Waals surface area contributed by atoms with E-state index < -0.39 is 10.0 Å². The van der Waals surface area contributed by atoms with Gasteiger partial charge in [-0.05, 0) is 63.8 Å². The molecule has 0 bridgehead atoms. The van der Waals surface area contributed by atoms with Gasteiger partial charge in [-0.25, -0.2) is 18.1 Å². The van der Waals surface area contributed by atoms with Crippen LogP contribution in [0.4, 0.5) is 0 Å². The fourth-order valence-corrected chi connectivity index (χ4v) is 4.09. The lowest BCUT2D eigenvalue weighted by atomic mass is 10.0. The fraction of sp³-hybridized carbons (Fsp3) is 0.500. The van der Waals surface area contributed by atoms with Gasteiger partial charge in [-0.1, -0.05) is 0 Å². The molecule has 0 spiro atoms. The van der Waals surface area contributed by atoms with Crippen LogP contribution in [0.15, 0.2) is 29.2 Å². The van der Waals surface area contributed by atoms with Crippen LogP contribution in [0.2, 0.25) is 0 Å². The van der Waals surface area contributed by atoms with Crippen molar-refractivity contribution in [2.24, 2.45) is 7.05 Å². The third-order valence-electron chi connectivity index (χ3n) is 4.39. The first-order valence-electron chi connectivity index (χ1n) is 8.66. The molecule has 0 unspecified atom stereocenters. The molecule has 1 aromatic carbocycles. The molecule has 1 heterocycles. The standard InChI is InChI=1S/C18H25N3O3S/c1-13(2)24-14-8-10-15(11-9-14)25(22,23)19-12-18-20-16-6-4-5-7-17(16)21(18)3/h8-11,13,19H,4-7,12H2,1-3H3. The van der Waals surface area contributed by atoms with E-state index >= 15 is 0 Å². The maximum absolute atomic E-state index is 12.5. The van der Waals surface area contributed by atoms with Gasteiger partial charge < -0.3 is 9.30 Å². The predicted octanol–water partition coefficient (Wildman–Crippen LogP) is 2.56. The summed E-state index contributed by atoms with van der Waals surface area (Å²) in [5.74, 6) is 1.42. The van der Waals surface area contributed by atoms with Crippen molar-refractivity contribution < 1.29 is 13.2 Å². The van der Waals surface area contributed by atoms with Crippen molar-refractivity contribution in [1.82, 2.24) is 14.3 Å². The van der Waals surface area contributed by atoms with E-state index in [4.69, 9.17) is 4.74 Å². The highest BCUT2D eigenvalue weighted by atomic mass is 32.2. The smallest absolute Gasteiger partial charge is 0.240 e. The van der Waals surface area contributed by atoms with E-state index in [0.717, 1.165) is 30.8 Å². The average molecular weight is 363 g/mol. The molecule has 0 radical (unpaired) electrons. The van der Waals surface area contributed by atoms with Crippen LogP contribution in [0.1, 0.15) is 43.9 Å². The van der Waals surface area contributed by atoms with Gasteiger partial charge in [-0.2, -0.15) is 0 Å². The van der Waals surface area contributed by atoms with Crippen molar-refractivity contribution in [3.05, 3.63) is 41.5 Å². The van der Waals surface area contributed by atoms with Crippen LogP contribution in [-0.2, 0) is 36.5 Å². The molecule has 0 saturated carbocycles. The summed E-state index contributed by atoms with van der Waals surface area (Å²) in [6.45, 7) is 4.05. The quantitative estimate of drug-likeness (QED) is 0.856. The minimum absolute atomic E-state index is 0.0510. The van der Waals surface area contributed by atoms with Crippen molar-refractivity contribution in [1.29, 1.82) is 0 Å². The molecule has 0 amide bonds. The molecule has 0 atom stereocenters. The van der Waals surface area contributed by atoms with Gasteiger partial charge in [-0.3, -0.25) is 0 Å². The fourth-order valence-electron chi connectivity index (χ4n) is 3.11. The molecule has 1 aliphatic carbocycles. The number of aromatic nitrogens is 2. The van der Waals surface area contributed by atoms with Crippen molar-refractivity contribution >= 4 is 10.0 Å². The number of sulfonamides is 1. The molecule has 0 aliphatic heterocycles. The van der Waals surface area contributed by atoms with E-state index in [9.17, 15) is 8.42 Å². The molecular weight excluding hydrogens is 338 g/mol. The first-order chi connectivity index (χ1) is 11.9. The van der Waals surface area contributed by atoms with E-state index in [1.807, 2.05) is 25.5 Å². The van der Waals surface area contributed by atoms with Gasteiger partial charge in [0.2, 0.25) is 10.0 Å². The van der Waals surface area contributed by atoms with Gasteiger partial charge in [0.15, 0.2) is 0 Å². The SMILES string of the molecule is CC(C)Oc1ccc(S(=O)(=O)NCc2nc3c(n2C)CCCC3)cc1. The number of rotatable bonds is 6. The number of benzene rings is 1. The highest BCUT2D eigenvalue weighted by Crippen LogP contribution is 2.22. The summed E-state index contributed by atoms with van der Waals surface area (Å²) < 4.78 is 35.2. The van der Waals surface area contributed by atoms with Crippen LogP contribution >= 0.6 is 0 Å². The second kappa shape index (κ2) is 7.17. The Kier molecular flexibility index (Phi) is 5.15. The summed E-state index contributed by atoms with van der Waals surface area (Å²) in [6, 6.07) is 6.47. The maximum Gasteiger partial charge on any atom is 0.240 e. The maximum atomic E-state index is 12.5. The van der Waals surface area contributed by atoms with Gasteiger partial charge in [0.25, 0.3) is 0 Å². The molecule has 7 heteroatoms. The third-order valence-corrected chi connectivity index (χ3v) is 5.81. The Morgan fingerprint density at radius 2 is 1.88 bits per heavy atom. The molecule has 6 nitrogen and oxygen atoms in total. The molecule has 0 saturated heterocycles. The Balaban J connectivity index is 1.71. The minimum atomic E-state index is -3.58. The lowest BCUT2D eigenvalue weighted by molar-refractivity contribution is 0.242. The number of aryl methyl sites for hydroxylation is 1. The van der Waals surface area contributed by atoms with Crippen LogP contribution in [-0.4, -0.2) is 24.1 Å². The van der Waals surface area contributed by atoms with Crippen LogP contribution in [0.25, 0.3) is 0 Å². The number of nitrogens with zero attached hydrogens (tertiary/aromatic N) is 2. The zero-order valence-electron chi connectivity index (χ0n) is 14.9. The number of ether oxygens (including phenoxy) is 1. The molecule has 25 heavy (non-hydrogen) atoms. The van der Waals surface area contributed by atoms with E-state index in [1.165, 1.54) is 12.1 Å². The molecule has 136 valence electrons. The molecule has 1 aliphatic rings. The van der Waals surface area contributed by atoms with Gasteiger partial charge in [0, 0.05) is 12.7 Å². The Labute approximate surface area is 149 Å². The van der Waals surface area contributed by atoms with Gasteiger partial charge in [-0.15, -0.1) is 0 Å². The number of fused-ring (bicyclic) bond motifs is 1. The van der Waals surface area contributed by atoms with Gasteiger partial charge in [0.05, 0.1) is 23.2 Å². The Morgan fingerprint density at radius 3 is 2.52 bits per heavy atom. The summed E-state index contributed by atoms with van der Waals surface area (Å²) in [4.78, 5) is 4.83. The molecular formula is C18H25N3O3S. The van der Waals surface area contributed by atoms with E-state index in [1.54, 1.807) is 24.3 Å². The van der Waals surface area contributed by atoms with Crippen molar-refractivity contribution in [3.8, 4) is 5.75 Å². The van der Waals surface area contributed by atoms with E-state index in [0.29, 0.717) is 5.75 Å². The second-order valence-corrected chi connectivity index (χ2v) is 8.42. The summed E-state index contributed by atoms with van der Waals surface area (Å²) in [7, 11) is -1.62. The minimum Gasteiger partial charge on any atom is -0.491 e. The summed E-state index contributed by atoms with van der Waals surface area (Å²) in [5.41, 5.74) is 2.34. The van der Waals surface area contributed by atoms with Crippen LogP contribution in [0, 0.1) is 0 Å². The molecule has 2 aromatic rings. The van der Waals surface area contributed by atoms with Crippen LogP contribution in [0.3, 0.4) is 0 Å². The lowest BCUT2D eigenvalue weighted by Gasteiger charge is -2.12. The van der Waals surface area contributed by atoms with E-state index in [-0.39, 0.29) is 17.5 Å². The summed E-state index contributed by atoms with van der Waals surface area (Å²) in [5, 5.41) is 0. The van der Waals surface area contributed by atoms with Gasteiger partial charge >= 0.3 is 0 Å². The average Bonchev–Trinajstić information content (AvgIpc) is 2.90. The first-order valence-corrected chi connectivity index (χ1v) is 10.1. The third kappa shape index (κ3) is 4.04. The van der Waals surface area contributed by atoms with Crippen LogP contribution in [0.5, 0.6) is 5.75 Å². The topological polar surface area (TPSA) is 73.2 Å². The zero-order valence-corrected chi connectivity index (χ0v) is 15.8. The molecule has 3 rings (SSSR count). The van der Waals surface area contributed by atoms with E-state index in [2.05, 4.69) is 9.71 Å². The highest BCUT2D eigenvalue weighted by molar-refractivity contribution is 7.89. The number of nitrogens with one attached hydrogen (secondary N) is 1. The Morgan fingerprint density at radius 1 is 1.20 bits per heavy atom. The number of imidazole rings is 1. The molecule has 1 N–H and O–H groups in total. The zero-order chi connectivity index (χ0) is 18.0. The van der Waals surface area contributed by atoms with Crippen molar-refractivity contribution in [2.45, 2.75) is 57.1 Å². The van der Waals surface area contributed by atoms with Crippen molar-refractivity contribution in [3.63, 3.8) is 0 Å². The van der Waals surface area contributed by atoms with Crippen molar-refractivity contribution in [2.75, 3.05) is 0 Å². The molecule has 0 fully saturated rings. The monoisotopic (exact) mass is 363 g/mol. The second-order valence-electron chi connectivity index (χ2n) is 6.65. The van der Waals surface area contributed by atoms with Crippen LogP contribution < -0.4 is 9.46 Å².